The van der Waals surface area contributed by atoms with Gasteiger partial charge in [-0.1, -0.05) is 112 Å². The first kappa shape index (κ1) is 21.0. The lowest BCUT2D eigenvalue weighted by atomic mass is 10.0. The van der Waals surface area contributed by atoms with E-state index in [1.165, 1.54) is 22.4 Å². The average molecular weight is 416 g/mol. The van der Waals surface area contributed by atoms with Gasteiger partial charge in [-0.3, -0.25) is 4.90 Å². The van der Waals surface area contributed by atoms with Crippen molar-refractivity contribution >= 4 is 18.7 Å². The molecule has 30 heavy (non-hydrogen) atoms. The first-order chi connectivity index (χ1) is 14.5. The summed E-state index contributed by atoms with van der Waals surface area (Å²) in [5.41, 5.74) is 1.38. The van der Waals surface area contributed by atoms with Crippen LogP contribution < -0.4 is 10.4 Å². The van der Waals surface area contributed by atoms with Crippen molar-refractivity contribution < 1.29 is 4.43 Å². The zero-order valence-corrected chi connectivity index (χ0v) is 19.4. The predicted octanol–water partition coefficient (Wildman–Crippen LogP) is 4.84. The molecule has 0 aromatic heterocycles. The van der Waals surface area contributed by atoms with Gasteiger partial charge in [-0.05, 0) is 27.4 Å². The Kier molecular flexibility index (Phi) is 6.23. The van der Waals surface area contributed by atoms with Gasteiger partial charge in [0, 0.05) is 19.1 Å². The summed E-state index contributed by atoms with van der Waals surface area (Å²) in [6, 6.07) is 33.2. The highest BCUT2D eigenvalue weighted by Gasteiger charge is 2.50. The minimum absolute atomic E-state index is 0.0315. The standard InChI is InChI=1S/C27H33NOSi/c1-27(2,3)30(25-15-9-5-10-16-25,26-17-11-6-12-18-26)29-22-24-19-20-28(24)21-23-13-7-4-8-14-23/h4-18,24H,19-22H2,1-3H3. The van der Waals surface area contributed by atoms with Gasteiger partial charge in [-0.25, -0.2) is 0 Å². The van der Waals surface area contributed by atoms with Gasteiger partial charge in [0.15, 0.2) is 0 Å². The van der Waals surface area contributed by atoms with Crippen LogP contribution in [0, 0.1) is 0 Å². The molecule has 0 aliphatic carbocycles. The minimum atomic E-state index is -2.44. The Morgan fingerprint density at radius 1 is 0.800 bits per heavy atom. The van der Waals surface area contributed by atoms with Gasteiger partial charge in [-0.2, -0.15) is 0 Å². The molecule has 1 aliphatic rings. The Balaban J connectivity index is 1.61. The van der Waals surface area contributed by atoms with Crippen LogP contribution in [0.4, 0.5) is 0 Å². The quantitative estimate of drug-likeness (QED) is 0.512. The van der Waals surface area contributed by atoms with Crippen LogP contribution in [0.1, 0.15) is 32.8 Å². The molecular formula is C27H33NOSi. The average Bonchev–Trinajstić information content (AvgIpc) is 2.75. The van der Waals surface area contributed by atoms with E-state index in [0.29, 0.717) is 6.04 Å². The fourth-order valence-corrected chi connectivity index (χ4v) is 9.29. The van der Waals surface area contributed by atoms with Crippen LogP contribution in [0.5, 0.6) is 0 Å². The normalized spacial score (nSPS) is 17.5. The van der Waals surface area contributed by atoms with Gasteiger partial charge in [0.05, 0.1) is 6.61 Å². The number of rotatable bonds is 7. The maximum absolute atomic E-state index is 7.14. The molecular weight excluding hydrogens is 382 g/mol. The summed E-state index contributed by atoms with van der Waals surface area (Å²) in [5.74, 6) is 0. The Morgan fingerprint density at radius 3 is 1.73 bits per heavy atom. The zero-order chi connectivity index (χ0) is 21.0. The Labute approximate surface area is 182 Å². The number of likely N-dealkylation sites (tertiary alicyclic amines) is 1. The second-order valence-corrected chi connectivity index (χ2v) is 13.7. The van der Waals surface area contributed by atoms with E-state index in [2.05, 4.69) is 117 Å². The maximum Gasteiger partial charge on any atom is 0.261 e. The molecule has 3 aromatic rings. The highest BCUT2D eigenvalue weighted by atomic mass is 28.4. The van der Waals surface area contributed by atoms with E-state index >= 15 is 0 Å². The van der Waals surface area contributed by atoms with Crippen LogP contribution >= 0.6 is 0 Å². The van der Waals surface area contributed by atoms with E-state index in [-0.39, 0.29) is 5.04 Å². The lowest BCUT2D eigenvalue weighted by Gasteiger charge is -2.47. The van der Waals surface area contributed by atoms with Crippen molar-refractivity contribution in [2.24, 2.45) is 0 Å². The third-order valence-electron chi connectivity index (χ3n) is 6.40. The van der Waals surface area contributed by atoms with Crippen molar-refractivity contribution in [3.8, 4) is 0 Å². The molecule has 0 radical (unpaired) electrons. The summed E-state index contributed by atoms with van der Waals surface area (Å²) in [4.78, 5) is 2.56. The van der Waals surface area contributed by atoms with Gasteiger partial charge >= 0.3 is 0 Å². The lowest BCUT2D eigenvalue weighted by Crippen LogP contribution is -2.68. The molecule has 1 aliphatic heterocycles. The third kappa shape index (κ3) is 4.15. The van der Waals surface area contributed by atoms with Crippen molar-refractivity contribution in [3.63, 3.8) is 0 Å². The molecule has 1 unspecified atom stereocenters. The first-order valence-electron chi connectivity index (χ1n) is 11.0. The number of hydrogen-bond donors (Lipinski definition) is 0. The first-order valence-corrected chi connectivity index (χ1v) is 12.9. The molecule has 0 amide bonds. The Hall–Kier alpha value is -2.20. The van der Waals surface area contributed by atoms with Crippen LogP contribution in [0.3, 0.4) is 0 Å². The molecule has 3 aromatic carbocycles. The SMILES string of the molecule is CC(C)(C)[Si](OCC1CCN1Cc1ccccc1)(c1ccccc1)c1ccccc1. The molecule has 1 fully saturated rings. The van der Waals surface area contributed by atoms with Crippen LogP contribution in [0.25, 0.3) is 0 Å². The van der Waals surface area contributed by atoms with Crippen molar-refractivity contribution in [2.75, 3.05) is 13.2 Å². The van der Waals surface area contributed by atoms with E-state index in [4.69, 9.17) is 4.43 Å². The molecule has 0 spiro atoms. The fourth-order valence-electron chi connectivity index (χ4n) is 4.69. The van der Waals surface area contributed by atoms with E-state index in [9.17, 15) is 0 Å². The molecule has 1 atom stereocenters. The smallest absolute Gasteiger partial charge is 0.261 e. The molecule has 156 valence electrons. The van der Waals surface area contributed by atoms with Crippen LogP contribution in [0.2, 0.25) is 5.04 Å². The van der Waals surface area contributed by atoms with Gasteiger partial charge in [0.25, 0.3) is 8.32 Å². The number of benzene rings is 3. The molecule has 0 bridgehead atoms. The van der Waals surface area contributed by atoms with Crippen LogP contribution in [-0.2, 0) is 11.0 Å². The minimum Gasteiger partial charge on any atom is -0.406 e. The van der Waals surface area contributed by atoms with E-state index in [1.54, 1.807) is 0 Å². The summed E-state index contributed by atoms with van der Waals surface area (Å²) < 4.78 is 7.14. The molecule has 4 rings (SSSR count). The summed E-state index contributed by atoms with van der Waals surface area (Å²) in [6.45, 7) is 10.0. The van der Waals surface area contributed by atoms with Crippen molar-refractivity contribution in [2.45, 2.75) is 44.8 Å². The van der Waals surface area contributed by atoms with Crippen LogP contribution in [-0.4, -0.2) is 32.4 Å². The molecule has 1 heterocycles. The molecule has 0 saturated carbocycles. The lowest BCUT2D eigenvalue weighted by molar-refractivity contribution is 0.0406. The predicted molar refractivity (Wildman–Crippen MR) is 129 cm³/mol. The van der Waals surface area contributed by atoms with Gasteiger partial charge in [-0.15, -0.1) is 0 Å². The monoisotopic (exact) mass is 415 g/mol. The van der Waals surface area contributed by atoms with Gasteiger partial charge < -0.3 is 4.43 Å². The largest absolute Gasteiger partial charge is 0.406 e. The van der Waals surface area contributed by atoms with E-state index in [0.717, 1.165) is 19.7 Å². The Bertz CT molecular complexity index is 882. The highest BCUT2D eigenvalue weighted by molar-refractivity contribution is 6.99. The second-order valence-electron chi connectivity index (χ2n) is 9.37. The van der Waals surface area contributed by atoms with Crippen molar-refractivity contribution in [1.82, 2.24) is 4.90 Å². The molecule has 1 saturated heterocycles. The van der Waals surface area contributed by atoms with Gasteiger partial charge in [0.1, 0.15) is 0 Å². The Morgan fingerprint density at radius 2 is 1.30 bits per heavy atom. The fraction of sp³-hybridized carbons (Fsp3) is 0.333. The molecule has 3 heteroatoms. The summed E-state index contributed by atoms with van der Waals surface area (Å²) >= 11 is 0. The second kappa shape index (κ2) is 8.89. The molecule has 2 nitrogen and oxygen atoms in total. The topological polar surface area (TPSA) is 12.5 Å². The summed E-state index contributed by atoms with van der Waals surface area (Å²) in [6.07, 6.45) is 1.21. The van der Waals surface area contributed by atoms with E-state index in [1.807, 2.05) is 0 Å². The zero-order valence-electron chi connectivity index (χ0n) is 18.4. The van der Waals surface area contributed by atoms with Crippen LogP contribution in [0.15, 0.2) is 91.0 Å². The number of hydrogen-bond acceptors (Lipinski definition) is 2. The summed E-state index contributed by atoms with van der Waals surface area (Å²) in [7, 11) is -2.44. The highest BCUT2D eigenvalue weighted by Crippen LogP contribution is 2.37. The summed E-state index contributed by atoms with van der Waals surface area (Å²) in [5, 5.41) is 2.75. The maximum atomic E-state index is 7.14. The van der Waals surface area contributed by atoms with Crippen molar-refractivity contribution in [1.29, 1.82) is 0 Å². The number of nitrogens with zero attached hydrogens (tertiary/aromatic N) is 1. The van der Waals surface area contributed by atoms with Crippen molar-refractivity contribution in [3.05, 3.63) is 96.6 Å². The third-order valence-corrected chi connectivity index (χ3v) is 11.4. The molecule has 0 N–H and O–H groups in total. The van der Waals surface area contributed by atoms with E-state index < -0.39 is 8.32 Å². The van der Waals surface area contributed by atoms with Gasteiger partial charge in [0.2, 0.25) is 0 Å².